The highest BCUT2D eigenvalue weighted by molar-refractivity contribution is 5.66. The van der Waals surface area contributed by atoms with Gasteiger partial charge >= 0.3 is 5.97 Å². The summed E-state index contributed by atoms with van der Waals surface area (Å²) in [5, 5.41) is 9.18. The molecule has 184 valence electrons. The molecule has 0 heterocycles. The largest absolute Gasteiger partial charge is 0.463 e. The molecule has 2 atom stereocenters. The Morgan fingerprint density at radius 3 is 1.28 bits per heavy atom. The third-order valence-corrected chi connectivity index (χ3v) is 5.00. The van der Waals surface area contributed by atoms with Crippen LogP contribution >= 0.6 is 0 Å². The van der Waals surface area contributed by atoms with Crippen LogP contribution < -0.4 is 0 Å². The molecule has 0 aromatic heterocycles. The quantitative estimate of drug-likeness (QED) is 0.461. The Morgan fingerprint density at radius 2 is 1.03 bits per heavy atom. The minimum Gasteiger partial charge on any atom is -0.463 e. The molecule has 3 nitrogen and oxygen atoms in total. The molecule has 2 rings (SSSR count). The molecule has 0 radical (unpaired) electrons. The zero-order chi connectivity index (χ0) is 19.7. The summed E-state index contributed by atoms with van der Waals surface area (Å²) >= 11 is 0. The smallest absolute Gasteiger partial charge is 0.302 e. The number of hydrogen-bond acceptors (Lipinski definition) is 3. The minimum absolute atomic E-state index is 0. The van der Waals surface area contributed by atoms with Gasteiger partial charge in [-0.3, -0.25) is 4.79 Å². The van der Waals surface area contributed by atoms with Gasteiger partial charge in [0.15, 0.2) is 0 Å². The fourth-order valence-corrected chi connectivity index (χ4v) is 3.58. The van der Waals surface area contributed by atoms with Gasteiger partial charge in [-0.15, -0.1) is 0 Å². The van der Waals surface area contributed by atoms with Gasteiger partial charge in [-0.25, -0.2) is 0 Å². The van der Waals surface area contributed by atoms with Crippen molar-refractivity contribution in [1.82, 2.24) is 0 Å². The summed E-state index contributed by atoms with van der Waals surface area (Å²) in [6.45, 7) is 13.4. The van der Waals surface area contributed by atoms with Crippen LogP contribution in [0.5, 0.6) is 0 Å². The van der Waals surface area contributed by atoms with Gasteiger partial charge in [-0.2, -0.15) is 0 Å². The Kier molecular flexibility index (Phi) is 43.4. The average molecular weight is 423 g/mol. The lowest BCUT2D eigenvalue weighted by Gasteiger charge is -2.26. The van der Waals surface area contributed by atoms with Crippen LogP contribution in [-0.4, -0.2) is 23.3 Å². The zero-order valence-electron chi connectivity index (χ0n) is 18.1. The molecule has 2 aliphatic carbocycles. The lowest BCUT2D eigenvalue weighted by molar-refractivity contribution is -0.148. The molecule has 0 bridgehead atoms. The van der Waals surface area contributed by atoms with Crippen LogP contribution in [0.25, 0.3) is 0 Å². The Bertz CT molecular complexity index is 278. The molecule has 2 unspecified atom stereocenters. The van der Waals surface area contributed by atoms with Gasteiger partial charge in [0.25, 0.3) is 0 Å². The maximum atomic E-state index is 10.7. The van der Waals surface area contributed by atoms with E-state index in [1.807, 2.05) is 41.5 Å². The zero-order valence-corrected chi connectivity index (χ0v) is 18.1. The lowest BCUT2D eigenvalue weighted by atomic mass is 9.86. The van der Waals surface area contributed by atoms with Gasteiger partial charge in [-0.1, -0.05) is 95.9 Å². The van der Waals surface area contributed by atoms with E-state index >= 15 is 0 Å². The van der Waals surface area contributed by atoms with Crippen LogP contribution in [0.3, 0.4) is 0 Å². The maximum absolute atomic E-state index is 10.7. The molecule has 2 saturated carbocycles. The van der Waals surface area contributed by atoms with E-state index in [0.717, 1.165) is 0 Å². The van der Waals surface area contributed by atoms with E-state index in [4.69, 9.17) is 4.74 Å². The number of carbonyl (C=O) groups is 1. The van der Waals surface area contributed by atoms with Crippen molar-refractivity contribution in [1.29, 1.82) is 0 Å². The van der Waals surface area contributed by atoms with Crippen LogP contribution in [0.4, 0.5) is 0 Å². The van der Waals surface area contributed by atoms with Crippen molar-refractivity contribution >= 4 is 5.97 Å². The SMILES string of the molecule is C.C.C.C.CC.CC.CC(=O)OC(C)C1CCCCC1.CC(O)C1CCCCC1. The highest BCUT2D eigenvalue weighted by Crippen LogP contribution is 2.27. The first kappa shape index (κ1) is 42.5. The first-order valence-corrected chi connectivity index (χ1v) is 10.9. The van der Waals surface area contributed by atoms with Crippen molar-refractivity contribution in [2.24, 2.45) is 11.8 Å². The van der Waals surface area contributed by atoms with E-state index in [0.29, 0.717) is 11.8 Å². The molecule has 0 saturated heterocycles. The highest BCUT2D eigenvalue weighted by Gasteiger charge is 2.21. The third kappa shape index (κ3) is 23.6. The molecule has 2 aliphatic rings. The van der Waals surface area contributed by atoms with Gasteiger partial charge in [-0.05, 0) is 51.4 Å². The first-order valence-electron chi connectivity index (χ1n) is 10.9. The van der Waals surface area contributed by atoms with Gasteiger partial charge in [0.1, 0.15) is 6.10 Å². The molecular weight excluding hydrogens is 360 g/mol. The Balaban J connectivity index is -0.0000000707. The standard InChI is InChI=1S/C10H18O2.C8H16O.2C2H6.4CH4/c1-8(12-9(2)11)10-6-4-3-5-7-10;1-7(9)8-5-3-2-4-6-8;2*1-2;;;;/h8,10H,3-7H2,1-2H3;7-9H,2-6H2,1H3;2*1-2H3;4*1H4. The van der Waals surface area contributed by atoms with E-state index in [9.17, 15) is 9.90 Å². The van der Waals surface area contributed by atoms with Gasteiger partial charge in [0, 0.05) is 6.92 Å². The van der Waals surface area contributed by atoms with Crippen molar-refractivity contribution in [2.45, 2.75) is 155 Å². The molecular formula is C26H62O3. The van der Waals surface area contributed by atoms with Crippen LogP contribution in [0.2, 0.25) is 0 Å². The average Bonchev–Trinajstić information content (AvgIpc) is 2.66. The molecule has 0 spiro atoms. The molecule has 0 aliphatic heterocycles. The highest BCUT2D eigenvalue weighted by atomic mass is 16.5. The summed E-state index contributed by atoms with van der Waals surface area (Å²) in [5.41, 5.74) is 0. The summed E-state index contributed by atoms with van der Waals surface area (Å²) < 4.78 is 5.15. The predicted molar refractivity (Wildman–Crippen MR) is 136 cm³/mol. The van der Waals surface area contributed by atoms with Crippen molar-refractivity contribution in [3.05, 3.63) is 0 Å². The molecule has 1 N–H and O–H groups in total. The second kappa shape index (κ2) is 29.6. The van der Waals surface area contributed by atoms with Crippen molar-refractivity contribution in [2.75, 3.05) is 0 Å². The summed E-state index contributed by atoms with van der Waals surface area (Å²) in [4.78, 5) is 10.7. The first-order chi connectivity index (χ1) is 12.0. The van der Waals surface area contributed by atoms with Crippen LogP contribution in [0, 0.1) is 11.8 Å². The van der Waals surface area contributed by atoms with E-state index in [2.05, 4.69) is 0 Å². The normalized spacial score (nSPS) is 17.5. The number of ether oxygens (including phenoxy) is 1. The van der Waals surface area contributed by atoms with E-state index in [1.165, 1.54) is 71.1 Å². The molecule has 0 amide bonds. The van der Waals surface area contributed by atoms with Gasteiger partial charge < -0.3 is 9.84 Å². The van der Waals surface area contributed by atoms with Crippen LogP contribution in [-0.2, 0) is 9.53 Å². The number of aliphatic hydroxyl groups is 1. The van der Waals surface area contributed by atoms with Crippen molar-refractivity contribution < 1.29 is 14.6 Å². The maximum Gasteiger partial charge on any atom is 0.302 e. The molecule has 3 heteroatoms. The summed E-state index contributed by atoms with van der Waals surface area (Å²) in [7, 11) is 0. The number of esters is 1. The third-order valence-electron chi connectivity index (χ3n) is 5.00. The number of carbonyl (C=O) groups excluding carboxylic acids is 1. The molecule has 29 heavy (non-hydrogen) atoms. The summed E-state index contributed by atoms with van der Waals surface area (Å²) in [6, 6.07) is 0. The lowest BCUT2D eigenvalue weighted by Crippen LogP contribution is -2.24. The Morgan fingerprint density at radius 1 is 0.724 bits per heavy atom. The monoisotopic (exact) mass is 422 g/mol. The van der Waals surface area contributed by atoms with Gasteiger partial charge in [0.2, 0.25) is 0 Å². The Hall–Kier alpha value is -0.570. The minimum atomic E-state index is -0.145. The van der Waals surface area contributed by atoms with Gasteiger partial charge in [0.05, 0.1) is 6.10 Å². The molecule has 0 aromatic carbocycles. The summed E-state index contributed by atoms with van der Waals surface area (Å²) in [6.07, 6.45) is 13.0. The number of hydrogen-bond donors (Lipinski definition) is 1. The fourth-order valence-electron chi connectivity index (χ4n) is 3.58. The summed E-state index contributed by atoms with van der Waals surface area (Å²) in [5.74, 6) is 1.08. The second-order valence-corrected chi connectivity index (χ2v) is 6.85. The second-order valence-electron chi connectivity index (χ2n) is 6.85. The van der Waals surface area contributed by atoms with Crippen molar-refractivity contribution in [3.63, 3.8) is 0 Å². The van der Waals surface area contributed by atoms with Crippen LogP contribution in [0.15, 0.2) is 0 Å². The van der Waals surface area contributed by atoms with Crippen molar-refractivity contribution in [3.8, 4) is 0 Å². The van der Waals surface area contributed by atoms with E-state index in [-0.39, 0.29) is 47.9 Å². The van der Waals surface area contributed by atoms with E-state index < -0.39 is 0 Å². The fraction of sp³-hybridized carbons (Fsp3) is 0.962. The molecule has 2 fully saturated rings. The number of aliphatic hydroxyl groups excluding tert-OH is 1. The molecule has 0 aromatic rings. The number of rotatable bonds is 3. The Labute approximate surface area is 187 Å². The van der Waals surface area contributed by atoms with Crippen LogP contribution in [0.1, 0.15) is 142 Å². The van der Waals surface area contributed by atoms with E-state index in [1.54, 1.807) is 0 Å². The topological polar surface area (TPSA) is 46.5 Å². The predicted octanol–water partition coefficient (Wildman–Crippen LogP) is 9.06.